The van der Waals surface area contributed by atoms with Gasteiger partial charge in [-0.1, -0.05) is 35.5 Å². The first-order valence-electron chi connectivity index (χ1n) is 10.2. The van der Waals surface area contributed by atoms with Gasteiger partial charge >= 0.3 is 0 Å². The molecule has 9 heteroatoms. The summed E-state index contributed by atoms with van der Waals surface area (Å²) >= 11 is 7.28. The number of halogens is 1. The van der Waals surface area contributed by atoms with E-state index in [1.54, 1.807) is 67.6 Å². The van der Waals surface area contributed by atoms with Crippen LogP contribution in [0.2, 0.25) is 5.02 Å². The number of benzene rings is 3. The van der Waals surface area contributed by atoms with Gasteiger partial charge in [0.15, 0.2) is 5.16 Å². The lowest BCUT2D eigenvalue weighted by atomic mass is 10.2. The van der Waals surface area contributed by atoms with Gasteiger partial charge in [0.25, 0.3) is 5.56 Å². The number of nitriles is 1. The van der Waals surface area contributed by atoms with E-state index in [0.717, 1.165) is 11.8 Å². The quantitative estimate of drug-likeness (QED) is 0.300. The van der Waals surface area contributed by atoms with E-state index >= 15 is 0 Å². The van der Waals surface area contributed by atoms with Crippen LogP contribution in [0.4, 0.5) is 5.69 Å². The third kappa shape index (κ3) is 4.76. The number of thioether (sulfide) groups is 1. The summed E-state index contributed by atoms with van der Waals surface area (Å²) in [4.78, 5) is 31.1. The SMILES string of the molecule is COc1ccccc1-n1c(SC(C)C(=O)Nc2ccc(C#N)cc2)nc2cc(Cl)ccc2c1=O. The van der Waals surface area contributed by atoms with Crippen molar-refractivity contribution in [1.82, 2.24) is 9.55 Å². The summed E-state index contributed by atoms with van der Waals surface area (Å²) in [5, 5.41) is 12.3. The third-order valence-electron chi connectivity index (χ3n) is 5.06. The minimum Gasteiger partial charge on any atom is -0.495 e. The Morgan fingerprint density at radius 2 is 1.91 bits per heavy atom. The summed E-state index contributed by atoms with van der Waals surface area (Å²) in [5.74, 6) is 0.220. The summed E-state index contributed by atoms with van der Waals surface area (Å²) in [5.41, 5.74) is 1.72. The van der Waals surface area contributed by atoms with E-state index in [9.17, 15) is 9.59 Å². The fourth-order valence-electron chi connectivity index (χ4n) is 3.33. The average molecular weight is 491 g/mol. The number of rotatable bonds is 6. The number of hydrogen-bond acceptors (Lipinski definition) is 6. The number of carbonyl (C=O) groups is 1. The Hall–Kier alpha value is -3.80. The van der Waals surface area contributed by atoms with E-state index < -0.39 is 5.25 Å². The Kier molecular flexibility index (Phi) is 6.87. The van der Waals surface area contributed by atoms with Crippen molar-refractivity contribution in [1.29, 1.82) is 5.26 Å². The molecule has 0 aliphatic heterocycles. The molecule has 1 aromatic heterocycles. The number of anilines is 1. The standard InChI is InChI=1S/C25H19ClN4O3S/c1-15(23(31)28-18-10-7-16(14-27)8-11-18)34-25-29-20-13-17(26)9-12-19(20)24(32)30(25)21-5-3-4-6-22(21)33-2/h3-13,15H,1-2H3,(H,28,31). The van der Waals surface area contributed by atoms with Gasteiger partial charge < -0.3 is 10.1 Å². The number of aromatic nitrogens is 2. The summed E-state index contributed by atoms with van der Waals surface area (Å²) in [7, 11) is 1.53. The molecule has 1 amide bonds. The predicted molar refractivity (Wildman–Crippen MR) is 134 cm³/mol. The topological polar surface area (TPSA) is 97.0 Å². The van der Waals surface area contributed by atoms with Crippen molar-refractivity contribution in [3.8, 4) is 17.5 Å². The summed E-state index contributed by atoms with van der Waals surface area (Å²) in [6.07, 6.45) is 0. The first-order chi connectivity index (χ1) is 16.4. The van der Waals surface area contributed by atoms with Crippen molar-refractivity contribution in [3.63, 3.8) is 0 Å². The first-order valence-corrected chi connectivity index (χ1v) is 11.5. The molecule has 4 aromatic rings. The second kappa shape index (κ2) is 10.00. The van der Waals surface area contributed by atoms with Crippen LogP contribution in [0.15, 0.2) is 76.7 Å². The second-order valence-corrected chi connectivity index (χ2v) is 9.05. The highest BCUT2D eigenvalue weighted by Gasteiger charge is 2.22. The largest absolute Gasteiger partial charge is 0.495 e. The molecule has 1 unspecified atom stereocenters. The van der Waals surface area contributed by atoms with E-state index in [1.807, 2.05) is 12.1 Å². The average Bonchev–Trinajstić information content (AvgIpc) is 2.84. The lowest BCUT2D eigenvalue weighted by molar-refractivity contribution is -0.115. The molecular formula is C25H19ClN4O3S. The van der Waals surface area contributed by atoms with Gasteiger partial charge in [-0.25, -0.2) is 4.98 Å². The van der Waals surface area contributed by atoms with Crippen molar-refractivity contribution in [3.05, 3.63) is 87.7 Å². The van der Waals surface area contributed by atoms with Crippen molar-refractivity contribution in [2.45, 2.75) is 17.3 Å². The monoisotopic (exact) mass is 490 g/mol. The Bertz CT molecular complexity index is 1480. The number of fused-ring (bicyclic) bond motifs is 1. The highest BCUT2D eigenvalue weighted by atomic mass is 35.5. The van der Waals surface area contributed by atoms with Crippen LogP contribution in [0.5, 0.6) is 5.75 Å². The maximum Gasteiger partial charge on any atom is 0.266 e. The molecule has 1 atom stereocenters. The van der Waals surface area contributed by atoms with Crippen LogP contribution in [-0.4, -0.2) is 27.8 Å². The molecule has 7 nitrogen and oxygen atoms in total. The normalized spacial score (nSPS) is 11.6. The molecule has 1 N–H and O–H groups in total. The van der Waals surface area contributed by atoms with Crippen molar-refractivity contribution in [2.24, 2.45) is 0 Å². The van der Waals surface area contributed by atoms with Crippen LogP contribution < -0.4 is 15.6 Å². The molecule has 0 saturated carbocycles. The van der Waals surface area contributed by atoms with E-state index in [0.29, 0.717) is 43.8 Å². The molecule has 0 bridgehead atoms. The van der Waals surface area contributed by atoms with E-state index in [-0.39, 0.29) is 11.5 Å². The summed E-state index contributed by atoms with van der Waals surface area (Å²) in [6, 6.07) is 20.6. The van der Waals surface area contributed by atoms with Gasteiger partial charge in [0.05, 0.1) is 40.6 Å². The molecule has 0 spiro atoms. The molecule has 1 heterocycles. The van der Waals surface area contributed by atoms with Gasteiger partial charge in [0.2, 0.25) is 5.91 Å². The van der Waals surface area contributed by atoms with Crippen LogP contribution in [0.3, 0.4) is 0 Å². The summed E-state index contributed by atoms with van der Waals surface area (Å²) < 4.78 is 6.92. The number of carbonyl (C=O) groups excluding carboxylic acids is 1. The van der Waals surface area contributed by atoms with Gasteiger partial charge in [-0.05, 0) is 61.5 Å². The molecule has 0 saturated heterocycles. The number of hydrogen-bond donors (Lipinski definition) is 1. The molecule has 170 valence electrons. The molecule has 0 radical (unpaired) electrons. The highest BCUT2D eigenvalue weighted by molar-refractivity contribution is 8.00. The Morgan fingerprint density at radius 3 is 2.62 bits per heavy atom. The Labute approximate surface area is 205 Å². The molecule has 3 aromatic carbocycles. The van der Waals surface area contributed by atoms with E-state index in [4.69, 9.17) is 21.6 Å². The second-order valence-electron chi connectivity index (χ2n) is 7.31. The van der Waals surface area contributed by atoms with Gasteiger partial charge in [-0.3, -0.25) is 14.2 Å². The van der Waals surface area contributed by atoms with Crippen LogP contribution in [-0.2, 0) is 4.79 Å². The zero-order valence-corrected chi connectivity index (χ0v) is 19.9. The van der Waals surface area contributed by atoms with Crippen LogP contribution in [0, 0.1) is 11.3 Å². The lowest BCUT2D eigenvalue weighted by Gasteiger charge is -2.18. The minimum atomic E-state index is -0.597. The zero-order valence-electron chi connectivity index (χ0n) is 18.3. The molecule has 4 rings (SSSR count). The van der Waals surface area contributed by atoms with Crippen molar-refractivity contribution < 1.29 is 9.53 Å². The fraction of sp³-hybridized carbons (Fsp3) is 0.120. The summed E-state index contributed by atoms with van der Waals surface area (Å²) in [6.45, 7) is 1.73. The molecule has 0 aliphatic rings. The molecular weight excluding hydrogens is 472 g/mol. The van der Waals surface area contributed by atoms with Crippen molar-refractivity contribution >= 4 is 45.9 Å². The molecule has 0 fully saturated rings. The number of nitrogens with zero attached hydrogens (tertiary/aromatic N) is 3. The van der Waals surface area contributed by atoms with Crippen molar-refractivity contribution in [2.75, 3.05) is 12.4 Å². The number of nitrogens with one attached hydrogen (secondary N) is 1. The number of para-hydroxylation sites is 2. The maximum atomic E-state index is 13.5. The minimum absolute atomic E-state index is 0.276. The van der Waals surface area contributed by atoms with Gasteiger partial charge in [0.1, 0.15) is 5.75 Å². The van der Waals surface area contributed by atoms with Gasteiger partial charge in [0, 0.05) is 10.7 Å². The Balaban J connectivity index is 1.75. The smallest absolute Gasteiger partial charge is 0.266 e. The lowest BCUT2D eigenvalue weighted by Crippen LogP contribution is -2.26. The number of amides is 1. The predicted octanol–water partition coefficient (Wildman–Crippen LogP) is 5.04. The van der Waals surface area contributed by atoms with E-state index in [2.05, 4.69) is 10.3 Å². The third-order valence-corrected chi connectivity index (χ3v) is 6.35. The van der Waals surface area contributed by atoms with Gasteiger partial charge in [-0.15, -0.1) is 0 Å². The Morgan fingerprint density at radius 1 is 1.18 bits per heavy atom. The van der Waals surface area contributed by atoms with Crippen LogP contribution >= 0.6 is 23.4 Å². The highest BCUT2D eigenvalue weighted by Crippen LogP contribution is 2.30. The maximum absolute atomic E-state index is 13.5. The van der Waals surface area contributed by atoms with Crippen LogP contribution in [0.25, 0.3) is 16.6 Å². The number of methoxy groups -OCH3 is 1. The molecule has 34 heavy (non-hydrogen) atoms. The first kappa shape index (κ1) is 23.4. The van der Waals surface area contributed by atoms with E-state index in [1.165, 1.54) is 11.7 Å². The van der Waals surface area contributed by atoms with Gasteiger partial charge in [-0.2, -0.15) is 5.26 Å². The molecule has 0 aliphatic carbocycles. The fourth-order valence-corrected chi connectivity index (χ4v) is 4.41. The number of ether oxygens (including phenoxy) is 1. The zero-order chi connectivity index (χ0) is 24.2. The van der Waals surface area contributed by atoms with Crippen LogP contribution in [0.1, 0.15) is 12.5 Å².